The highest BCUT2D eigenvalue weighted by atomic mass is 32.2. The van der Waals surface area contributed by atoms with E-state index < -0.39 is 33.5 Å². The molecule has 2 atom stereocenters. The van der Waals surface area contributed by atoms with E-state index in [2.05, 4.69) is 12.2 Å². The molecule has 2 unspecified atom stereocenters. The Morgan fingerprint density at radius 1 is 0.811 bits per heavy atom. The van der Waals surface area contributed by atoms with E-state index in [0.717, 1.165) is 19.3 Å². The largest absolute Gasteiger partial charge is 0.477 e. The number of carbonyl (C=O) groups excluding carboxylic acids is 1. The summed E-state index contributed by atoms with van der Waals surface area (Å²) in [7, 11) is -0.711. The first-order valence-electron chi connectivity index (χ1n) is 14.6. The van der Waals surface area contributed by atoms with Crippen LogP contribution in [0.25, 0.3) is 0 Å². The quantitative estimate of drug-likeness (QED) is 0.0562. The fourth-order valence-corrected chi connectivity index (χ4v) is 5.30. The molecule has 0 saturated carbocycles. The summed E-state index contributed by atoms with van der Waals surface area (Å²) in [5, 5.41) is 12.8. The van der Waals surface area contributed by atoms with Crippen molar-refractivity contribution >= 4 is 22.0 Å². The molecule has 0 aromatic carbocycles. The summed E-state index contributed by atoms with van der Waals surface area (Å²) in [6.45, 7) is 5.58. The standard InChI is InChI=1S/C28H56N2O6S/c1-6-7-8-9-10-11-12-13-14-15-16-17-18-19-20-22-26(31)29-25(2)30(4,5)28(3,27(32)33)23-21-24-37(34,35)36/h25H,6-24H2,1-5H3,(H2-,29,31,32,33,34,35,36)/p+1. The van der Waals surface area contributed by atoms with Crippen LogP contribution in [0.1, 0.15) is 136 Å². The Hall–Kier alpha value is -1.19. The Bertz CT molecular complexity index is 741. The van der Waals surface area contributed by atoms with Gasteiger partial charge in [0.2, 0.25) is 5.91 Å². The Morgan fingerprint density at radius 2 is 1.22 bits per heavy atom. The van der Waals surface area contributed by atoms with Crippen molar-refractivity contribution in [1.82, 2.24) is 5.32 Å². The number of unbranched alkanes of at least 4 members (excludes halogenated alkanes) is 14. The predicted octanol–water partition coefficient (Wildman–Crippen LogP) is 6.30. The summed E-state index contributed by atoms with van der Waals surface area (Å²) < 4.78 is 31.0. The van der Waals surface area contributed by atoms with Crippen LogP contribution in [-0.2, 0) is 19.7 Å². The van der Waals surface area contributed by atoms with E-state index in [0.29, 0.717) is 6.42 Å². The first-order chi connectivity index (χ1) is 17.3. The minimum atomic E-state index is -4.16. The molecule has 0 fully saturated rings. The topological polar surface area (TPSA) is 121 Å². The van der Waals surface area contributed by atoms with Crippen LogP contribution in [0.4, 0.5) is 0 Å². The van der Waals surface area contributed by atoms with Gasteiger partial charge in [0.05, 0.1) is 19.8 Å². The average Bonchev–Trinajstić information content (AvgIpc) is 2.80. The van der Waals surface area contributed by atoms with Gasteiger partial charge in [0.1, 0.15) is 0 Å². The second-order valence-electron chi connectivity index (χ2n) is 11.5. The minimum Gasteiger partial charge on any atom is -0.477 e. The van der Waals surface area contributed by atoms with Gasteiger partial charge in [0.15, 0.2) is 11.7 Å². The number of likely N-dealkylation sites (N-methyl/N-ethyl adjacent to an activating group) is 1. The second kappa shape index (κ2) is 19.0. The highest BCUT2D eigenvalue weighted by molar-refractivity contribution is 7.85. The zero-order chi connectivity index (χ0) is 28.4. The van der Waals surface area contributed by atoms with Crippen molar-refractivity contribution in [3.8, 4) is 0 Å². The number of quaternary nitrogens is 1. The number of nitrogens with zero attached hydrogens (tertiary/aromatic N) is 1. The molecule has 0 radical (unpaired) electrons. The Kier molecular flexibility index (Phi) is 18.4. The number of carbonyl (C=O) groups is 2. The molecule has 8 nitrogen and oxygen atoms in total. The zero-order valence-corrected chi connectivity index (χ0v) is 25.2. The molecule has 0 bridgehead atoms. The lowest BCUT2D eigenvalue weighted by Gasteiger charge is -2.47. The molecule has 3 N–H and O–H groups in total. The highest BCUT2D eigenvalue weighted by Gasteiger charge is 2.51. The third kappa shape index (κ3) is 15.7. The molecular formula is C28H57N2O6S+. The van der Waals surface area contributed by atoms with E-state index in [9.17, 15) is 23.1 Å². The van der Waals surface area contributed by atoms with Crippen molar-refractivity contribution < 1.29 is 32.1 Å². The summed E-state index contributed by atoms with van der Waals surface area (Å²) in [6.07, 6.45) is 19.0. The number of rotatable bonds is 24. The van der Waals surface area contributed by atoms with Crippen molar-refractivity contribution in [1.29, 1.82) is 0 Å². The number of nitrogens with one attached hydrogen (secondary N) is 1. The Morgan fingerprint density at radius 3 is 1.59 bits per heavy atom. The van der Waals surface area contributed by atoms with Crippen LogP contribution in [0.3, 0.4) is 0 Å². The van der Waals surface area contributed by atoms with E-state index in [1.165, 1.54) is 77.0 Å². The van der Waals surface area contributed by atoms with Gasteiger partial charge in [-0.15, -0.1) is 0 Å². The van der Waals surface area contributed by atoms with Crippen LogP contribution in [0, 0.1) is 0 Å². The van der Waals surface area contributed by atoms with E-state index in [1.807, 2.05) is 0 Å². The molecule has 37 heavy (non-hydrogen) atoms. The molecule has 9 heteroatoms. The average molecular weight is 550 g/mol. The first-order valence-corrected chi connectivity index (χ1v) is 16.2. The predicted molar refractivity (Wildman–Crippen MR) is 151 cm³/mol. The molecule has 0 spiro atoms. The van der Waals surface area contributed by atoms with Crippen molar-refractivity contribution in [3.63, 3.8) is 0 Å². The number of carboxylic acids is 1. The zero-order valence-electron chi connectivity index (χ0n) is 24.4. The molecular weight excluding hydrogens is 492 g/mol. The second-order valence-corrected chi connectivity index (χ2v) is 13.0. The van der Waals surface area contributed by atoms with Crippen molar-refractivity contribution in [2.45, 2.75) is 148 Å². The van der Waals surface area contributed by atoms with Crippen LogP contribution in [0.5, 0.6) is 0 Å². The van der Waals surface area contributed by atoms with Gasteiger partial charge in [-0.1, -0.05) is 96.8 Å². The molecule has 0 aliphatic rings. The smallest absolute Gasteiger partial charge is 0.365 e. The molecule has 0 heterocycles. The molecule has 0 aliphatic heterocycles. The fourth-order valence-electron chi connectivity index (χ4n) is 4.79. The van der Waals surface area contributed by atoms with Gasteiger partial charge in [-0.05, 0) is 12.8 Å². The highest BCUT2D eigenvalue weighted by Crippen LogP contribution is 2.29. The molecule has 0 aromatic heterocycles. The van der Waals surface area contributed by atoms with E-state index in [1.54, 1.807) is 27.9 Å². The number of amides is 1. The van der Waals surface area contributed by atoms with E-state index in [4.69, 9.17) is 4.55 Å². The van der Waals surface area contributed by atoms with Gasteiger partial charge in [0.25, 0.3) is 10.1 Å². The van der Waals surface area contributed by atoms with Crippen molar-refractivity contribution in [2.24, 2.45) is 0 Å². The van der Waals surface area contributed by atoms with Crippen molar-refractivity contribution in [2.75, 3.05) is 19.8 Å². The third-order valence-corrected chi connectivity index (χ3v) is 8.95. The maximum Gasteiger partial charge on any atom is 0.365 e. The third-order valence-electron chi connectivity index (χ3n) is 8.14. The van der Waals surface area contributed by atoms with Gasteiger partial charge >= 0.3 is 5.97 Å². The van der Waals surface area contributed by atoms with Crippen LogP contribution in [-0.4, -0.2) is 66.0 Å². The van der Waals surface area contributed by atoms with E-state index >= 15 is 0 Å². The van der Waals surface area contributed by atoms with Crippen LogP contribution in [0.15, 0.2) is 0 Å². The molecule has 0 saturated heterocycles. The number of aliphatic carboxylic acids is 1. The fraction of sp³-hybridized carbons (Fsp3) is 0.929. The lowest BCUT2D eigenvalue weighted by atomic mass is 9.91. The lowest BCUT2D eigenvalue weighted by Crippen LogP contribution is -2.69. The normalized spacial score (nSPS) is 14.8. The minimum absolute atomic E-state index is 0.0170. The number of carboxylic acid groups (broad SMARTS) is 1. The monoisotopic (exact) mass is 549 g/mol. The summed E-state index contributed by atoms with van der Waals surface area (Å²) in [4.78, 5) is 24.6. The van der Waals surface area contributed by atoms with Crippen molar-refractivity contribution in [3.05, 3.63) is 0 Å². The Balaban J connectivity index is 4.12. The molecule has 220 valence electrons. The summed E-state index contributed by atoms with van der Waals surface area (Å²) in [5.74, 6) is -1.66. The molecule has 0 aliphatic carbocycles. The maximum absolute atomic E-state index is 12.5. The first kappa shape index (κ1) is 35.8. The van der Waals surface area contributed by atoms with Crippen LogP contribution < -0.4 is 5.32 Å². The van der Waals surface area contributed by atoms with Gasteiger partial charge < -0.3 is 10.4 Å². The Labute approximate surface area is 227 Å². The summed E-state index contributed by atoms with van der Waals surface area (Å²) in [5.41, 5.74) is -1.33. The number of hydrogen-bond donors (Lipinski definition) is 3. The van der Waals surface area contributed by atoms with Gasteiger partial charge in [0, 0.05) is 26.7 Å². The van der Waals surface area contributed by atoms with Gasteiger partial charge in [-0.25, -0.2) is 4.79 Å². The maximum atomic E-state index is 12.5. The van der Waals surface area contributed by atoms with Crippen LogP contribution in [0.2, 0.25) is 0 Å². The van der Waals surface area contributed by atoms with Gasteiger partial charge in [-0.2, -0.15) is 8.42 Å². The summed E-state index contributed by atoms with van der Waals surface area (Å²) in [6, 6.07) is 0. The molecule has 1 amide bonds. The number of hydrogen-bond acceptors (Lipinski definition) is 4. The lowest BCUT2D eigenvalue weighted by molar-refractivity contribution is -0.953. The SMILES string of the molecule is CCCCCCCCCCCCCCCCCC(=O)NC(C)[N+](C)(C)C(C)(CCCS(=O)(=O)O)C(=O)O. The van der Waals surface area contributed by atoms with E-state index in [-0.39, 0.29) is 23.2 Å². The van der Waals surface area contributed by atoms with Gasteiger partial charge in [-0.3, -0.25) is 13.8 Å². The molecule has 0 rings (SSSR count). The molecule has 0 aromatic rings. The summed E-state index contributed by atoms with van der Waals surface area (Å²) >= 11 is 0. The van der Waals surface area contributed by atoms with Crippen LogP contribution >= 0.6 is 0 Å².